The Morgan fingerprint density at radius 2 is 2.00 bits per heavy atom. The number of carbonyl (C=O) groups excluding carboxylic acids is 2. The van der Waals surface area contributed by atoms with Gasteiger partial charge in [-0.15, -0.1) is 0 Å². The molecular weight excluding hydrogens is 296 g/mol. The number of fused-ring (bicyclic) bond motifs is 1. The topological polar surface area (TPSA) is 81.3 Å². The molecule has 1 aliphatic rings. The van der Waals surface area contributed by atoms with Crippen molar-refractivity contribution in [1.82, 2.24) is 9.88 Å². The number of aromatic nitrogens is 1. The highest BCUT2D eigenvalue weighted by Crippen LogP contribution is 2.28. The van der Waals surface area contributed by atoms with Crippen molar-refractivity contribution in [2.24, 2.45) is 0 Å². The van der Waals surface area contributed by atoms with E-state index in [1.165, 1.54) is 4.57 Å². The zero-order valence-corrected chi connectivity index (χ0v) is 13.3. The maximum absolute atomic E-state index is 12.2. The number of imide groups is 1. The first-order chi connectivity index (χ1) is 11.0. The van der Waals surface area contributed by atoms with Crippen LogP contribution in [0.3, 0.4) is 0 Å². The summed E-state index contributed by atoms with van der Waals surface area (Å²) in [6.45, 7) is 4.26. The van der Waals surface area contributed by atoms with Crippen molar-refractivity contribution in [3.63, 3.8) is 0 Å². The van der Waals surface area contributed by atoms with Crippen molar-refractivity contribution in [1.29, 1.82) is 0 Å². The molecule has 0 spiro atoms. The van der Waals surface area contributed by atoms with Crippen LogP contribution in [-0.4, -0.2) is 16.4 Å². The monoisotopic (exact) mass is 316 g/mol. The maximum atomic E-state index is 12.2. The molecule has 2 aromatic rings. The fourth-order valence-corrected chi connectivity index (χ4v) is 3.29. The van der Waals surface area contributed by atoms with Crippen molar-refractivity contribution in [3.8, 4) is 0 Å². The van der Waals surface area contributed by atoms with Gasteiger partial charge >= 0.3 is 5.76 Å². The minimum atomic E-state index is -0.694. The van der Waals surface area contributed by atoms with Gasteiger partial charge in [0.05, 0.1) is 5.52 Å². The summed E-state index contributed by atoms with van der Waals surface area (Å²) in [5.74, 6) is -0.891. The Labute approximate surface area is 133 Å². The van der Waals surface area contributed by atoms with Crippen LogP contribution in [-0.2, 0) is 9.59 Å². The van der Waals surface area contributed by atoms with Crippen molar-refractivity contribution in [3.05, 3.63) is 34.3 Å². The molecule has 122 valence electrons. The van der Waals surface area contributed by atoms with Crippen LogP contribution in [0.15, 0.2) is 27.4 Å². The molecule has 1 aromatic heterocycles. The fraction of sp³-hybridized carbons (Fsp3) is 0.471. The van der Waals surface area contributed by atoms with Gasteiger partial charge in [-0.2, -0.15) is 0 Å². The average molecular weight is 316 g/mol. The molecule has 0 radical (unpaired) electrons. The lowest BCUT2D eigenvalue weighted by atomic mass is 9.94. The van der Waals surface area contributed by atoms with E-state index in [1.54, 1.807) is 0 Å². The smallest absolute Gasteiger partial charge is 0.408 e. The SMILES string of the molecule is CCC(CC)c1ccc2c(c1)oc(=O)n2C1CCC(=O)NC1=O. The van der Waals surface area contributed by atoms with Crippen LogP contribution in [0, 0.1) is 0 Å². The zero-order valence-electron chi connectivity index (χ0n) is 13.3. The van der Waals surface area contributed by atoms with E-state index in [0.717, 1.165) is 18.4 Å². The number of hydrogen-bond acceptors (Lipinski definition) is 4. The molecule has 23 heavy (non-hydrogen) atoms. The van der Waals surface area contributed by atoms with Crippen LogP contribution in [0.25, 0.3) is 11.1 Å². The number of carbonyl (C=O) groups is 2. The van der Waals surface area contributed by atoms with Gasteiger partial charge in [-0.05, 0) is 42.9 Å². The van der Waals surface area contributed by atoms with Gasteiger partial charge in [0.1, 0.15) is 6.04 Å². The third-order valence-corrected chi connectivity index (χ3v) is 4.62. The van der Waals surface area contributed by atoms with Gasteiger partial charge in [0.25, 0.3) is 0 Å². The van der Waals surface area contributed by atoms with Crippen molar-refractivity contribution < 1.29 is 14.0 Å². The Morgan fingerprint density at radius 3 is 2.65 bits per heavy atom. The molecule has 2 amide bonds. The minimum absolute atomic E-state index is 0.224. The van der Waals surface area contributed by atoms with Gasteiger partial charge in [0.2, 0.25) is 11.8 Å². The Hall–Kier alpha value is -2.37. The van der Waals surface area contributed by atoms with Crippen LogP contribution < -0.4 is 11.1 Å². The summed E-state index contributed by atoms with van der Waals surface area (Å²) in [7, 11) is 0. The largest absolute Gasteiger partial charge is 0.420 e. The molecular formula is C17H20N2O4. The van der Waals surface area contributed by atoms with Crippen molar-refractivity contribution in [2.75, 3.05) is 0 Å². The van der Waals surface area contributed by atoms with Gasteiger partial charge in [0, 0.05) is 6.42 Å². The predicted molar refractivity (Wildman–Crippen MR) is 85.2 cm³/mol. The second-order valence-electron chi connectivity index (χ2n) is 5.95. The third-order valence-electron chi connectivity index (χ3n) is 4.62. The molecule has 1 unspecified atom stereocenters. The summed E-state index contributed by atoms with van der Waals surface area (Å²) in [6.07, 6.45) is 2.56. The number of hydrogen-bond donors (Lipinski definition) is 1. The van der Waals surface area contributed by atoms with Crippen LogP contribution in [0.2, 0.25) is 0 Å². The van der Waals surface area contributed by atoms with Crippen molar-refractivity contribution >= 4 is 22.9 Å². The van der Waals surface area contributed by atoms with E-state index >= 15 is 0 Å². The van der Waals surface area contributed by atoms with E-state index in [0.29, 0.717) is 23.4 Å². The molecule has 2 heterocycles. The first-order valence-corrected chi connectivity index (χ1v) is 8.03. The van der Waals surface area contributed by atoms with Gasteiger partial charge in [-0.1, -0.05) is 19.9 Å². The molecule has 6 heteroatoms. The van der Waals surface area contributed by atoms with Crippen molar-refractivity contribution in [2.45, 2.75) is 51.5 Å². The summed E-state index contributed by atoms with van der Waals surface area (Å²) in [5.41, 5.74) is 2.22. The second-order valence-corrected chi connectivity index (χ2v) is 5.95. The zero-order chi connectivity index (χ0) is 16.6. The Morgan fingerprint density at radius 1 is 1.26 bits per heavy atom. The fourth-order valence-electron chi connectivity index (χ4n) is 3.29. The van der Waals surface area contributed by atoms with E-state index in [2.05, 4.69) is 19.2 Å². The highest BCUT2D eigenvalue weighted by Gasteiger charge is 2.31. The summed E-state index contributed by atoms with van der Waals surface area (Å²) in [4.78, 5) is 35.5. The first kappa shape index (κ1) is 15.5. The Balaban J connectivity index is 2.05. The number of nitrogens with zero attached hydrogens (tertiary/aromatic N) is 1. The van der Waals surface area contributed by atoms with E-state index in [1.807, 2.05) is 18.2 Å². The van der Waals surface area contributed by atoms with Gasteiger partial charge in [-0.3, -0.25) is 19.5 Å². The molecule has 1 aliphatic heterocycles. The van der Waals surface area contributed by atoms with E-state index in [-0.39, 0.29) is 12.3 Å². The summed E-state index contributed by atoms with van der Waals surface area (Å²) >= 11 is 0. The molecule has 0 aliphatic carbocycles. The molecule has 1 fully saturated rings. The Bertz CT molecular complexity index is 814. The standard InChI is InChI=1S/C17H20N2O4/c1-3-10(4-2)11-5-6-12-14(9-11)23-17(22)19(12)13-7-8-15(20)18-16(13)21/h5-6,9-10,13H,3-4,7-8H2,1-2H3,(H,18,20,21). The molecule has 1 atom stereocenters. The summed E-state index contributed by atoms with van der Waals surface area (Å²) in [6, 6.07) is 5.01. The Kier molecular flexibility index (Phi) is 4.07. The van der Waals surface area contributed by atoms with Gasteiger partial charge < -0.3 is 4.42 Å². The number of rotatable bonds is 4. The first-order valence-electron chi connectivity index (χ1n) is 8.03. The molecule has 1 aromatic carbocycles. The normalized spacial score (nSPS) is 18.7. The summed E-state index contributed by atoms with van der Waals surface area (Å²) < 4.78 is 6.70. The van der Waals surface area contributed by atoms with Gasteiger partial charge in [-0.25, -0.2) is 4.79 Å². The molecule has 1 saturated heterocycles. The molecule has 3 rings (SSSR count). The molecule has 6 nitrogen and oxygen atoms in total. The van der Waals surface area contributed by atoms with E-state index < -0.39 is 17.7 Å². The highest BCUT2D eigenvalue weighted by molar-refractivity contribution is 6.00. The third kappa shape index (κ3) is 2.69. The van der Waals surface area contributed by atoms with Crippen LogP contribution >= 0.6 is 0 Å². The summed E-state index contributed by atoms with van der Waals surface area (Å²) in [5, 5.41) is 2.28. The lowest BCUT2D eigenvalue weighted by molar-refractivity contribution is -0.135. The number of oxazole rings is 1. The quantitative estimate of drug-likeness (QED) is 0.879. The molecule has 1 N–H and O–H groups in total. The maximum Gasteiger partial charge on any atom is 0.420 e. The number of amides is 2. The van der Waals surface area contributed by atoms with E-state index in [9.17, 15) is 14.4 Å². The molecule has 0 bridgehead atoms. The minimum Gasteiger partial charge on any atom is -0.408 e. The number of nitrogens with one attached hydrogen (secondary N) is 1. The van der Waals surface area contributed by atoms with Gasteiger partial charge in [0.15, 0.2) is 5.58 Å². The number of piperidine rings is 1. The number of benzene rings is 1. The van der Waals surface area contributed by atoms with E-state index in [4.69, 9.17) is 4.42 Å². The predicted octanol–water partition coefficient (Wildman–Crippen LogP) is 2.48. The van der Waals surface area contributed by atoms with Crippen LogP contribution in [0.5, 0.6) is 0 Å². The lowest BCUT2D eigenvalue weighted by Gasteiger charge is -2.21. The van der Waals surface area contributed by atoms with Crippen LogP contribution in [0.4, 0.5) is 0 Å². The average Bonchev–Trinajstić information content (AvgIpc) is 2.84. The lowest BCUT2D eigenvalue weighted by Crippen LogP contribution is -2.43. The second kappa shape index (κ2) is 6.02. The molecule has 0 saturated carbocycles. The van der Waals surface area contributed by atoms with Crippen LogP contribution in [0.1, 0.15) is 57.1 Å². The highest BCUT2D eigenvalue weighted by atomic mass is 16.4.